The Morgan fingerprint density at radius 1 is 1.30 bits per heavy atom. The van der Waals surface area contributed by atoms with Gasteiger partial charge in [-0.15, -0.1) is 0 Å². The Hall–Kier alpha value is -1.86. The van der Waals surface area contributed by atoms with E-state index in [-0.39, 0.29) is 17.5 Å². The molecule has 0 bridgehead atoms. The van der Waals surface area contributed by atoms with E-state index in [0.717, 1.165) is 25.2 Å². The summed E-state index contributed by atoms with van der Waals surface area (Å²) in [5.41, 5.74) is -0.296. The van der Waals surface area contributed by atoms with Gasteiger partial charge in [-0.3, -0.25) is 0 Å². The van der Waals surface area contributed by atoms with E-state index in [1.54, 1.807) is 0 Å². The highest BCUT2D eigenvalue weighted by Crippen LogP contribution is 2.24. The van der Waals surface area contributed by atoms with Gasteiger partial charge < -0.3 is 14.6 Å². The van der Waals surface area contributed by atoms with Crippen LogP contribution in [0.4, 0.5) is 8.78 Å². The number of nitrogens with zero attached hydrogens (tertiary/aromatic N) is 2. The monoisotopic (exact) mass is 281 g/mol. The molecule has 1 atom stereocenters. The minimum Gasteiger partial charge on any atom is -0.380 e. The topological polar surface area (TPSA) is 60.2 Å². The molecule has 0 spiro atoms. The normalized spacial score (nSPS) is 18.6. The quantitative estimate of drug-likeness (QED) is 0.927. The predicted molar refractivity (Wildman–Crippen MR) is 65.7 cm³/mol. The van der Waals surface area contributed by atoms with Gasteiger partial charge in [0.2, 0.25) is 0 Å². The average Bonchev–Trinajstić information content (AvgIpc) is 3.07. The molecule has 2 aromatic rings. The molecular formula is C13H13F2N3O2. The molecule has 1 aromatic heterocycles. The summed E-state index contributed by atoms with van der Waals surface area (Å²) in [6.45, 7) is 1.75. The molecule has 1 fully saturated rings. The molecule has 1 aliphatic rings. The van der Waals surface area contributed by atoms with Gasteiger partial charge in [0.05, 0.1) is 13.2 Å². The Balaban J connectivity index is 1.73. The van der Waals surface area contributed by atoms with Gasteiger partial charge in [0, 0.05) is 12.6 Å². The molecule has 106 valence electrons. The van der Waals surface area contributed by atoms with Crippen LogP contribution in [0.3, 0.4) is 0 Å². The van der Waals surface area contributed by atoms with Crippen molar-refractivity contribution < 1.29 is 18.0 Å². The first kappa shape index (κ1) is 13.1. The Kier molecular flexibility index (Phi) is 3.70. The van der Waals surface area contributed by atoms with Crippen LogP contribution in [0.25, 0.3) is 11.5 Å². The van der Waals surface area contributed by atoms with Crippen molar-refractivity contribution in [1.29, 1.82) is 0 Å². The summed E-state index contributed by atoms with van der Waals surface area (Å²) in [6.07, 6.45) is 0.923. The number of hydrogen-bond donors (Lipinski definition) is 1. The van der Waals surface area contributed by atoms with Crippen LogP contribution < -0.4 is 5.32 Å². The lowest BCUT2D eigenvalue weighted by Gasteiger charge is -2.06. The van der Waals surface area contributed by atoms with E-state index in [4.69, 9.17) is 9.26 Å². The van der Waals surface area contributed by atoms with Crippen LogP contribution in [0.5, 0.6) is 0 Å². The van der Waals surface area contributed by atoms with Gasteiger partial charge in [-0.2, -0.15) is 4.98 Å². The van der Waals surface area contributed by atoms with E-state index >= 15 is 0 Å². The van der Waals surface area contributed by atoms with Gasteiger partial charge in [0.25, 0.3) is 5.89 Å². The van der Waals surface area contributed by atoms with E-state index in [2.05, 4.69) is 15.5 Å². The SMILES string of the molecule is Fc1cccc(F)c1-c1nc(CN[C@@H]2CCOC2)no1. The fourth-order valence-corrected chi connectivity index (χ4v) is 2.06. The molecular weight excluding hydrogens is 268 g/mol. The Bertz CT molecular complexity index is 577. The second kappa shape index (κ2) is 5.64. The molecule has 0 saturated carbocycles. The van der Waals surface area contributed by atoms with Crippen molar-refractivity contribution in [3.63, 3.8) is 0 Å². The Morgan fingerprint density at radius 3 is 2.80 bits per heavy atom. The van der Waals surface area contributed by atoms with Gasteiger partial charge in [-0.25, -0.2) is 8.78 Å². The molecule has 0 amide bonds. The van der Waals surface area contributed by atoms with Crippen LogP contribution in [0, 0.1) is 11.6 Å². The molecule has 7 heteroatoms. The van der Waals surface area contributed by atoms with Crippen LogP contribution in [-0.2, 0) is 11.3 Å². The highest BCUT2D eigenvalue weighted by molar-refractivity contribution is 5.54. The zero-order chi connectivity index (χ0) is 13.9. The van der Waals surface area contributed by atoms with Gasteiger partial charge in [-0.05, 0) is 18.6 Å². The number of rotatable bonds is 4. The van der Waals surface area contributed by atoms with Crippen molar-refractivity contribution in [2.45, 2.75) is 19.0 Å². The fraction of sp³-hybridized carbons (Fsp3) is 0.385. The minimum atomic E-state index is -0.725. The van der Waals surface area contributed by atoms with Crippen molar-refractivity contribution in [3.8, 4) is 11.5 Å². The summed E-state index contributed by atoms with van der Waals surface area (Å²) in [5, 5.41) is 6.91. The van der Waals surface area contributed by atoms with E-state index in [0.29, 0.717) is 19.0 Å². The van der Waals surface area contributed by atoms with E-state index in [9.17, 15) is 8.78 Å². The smallest absolute Gasteiger partial charge is 0.263 e. The number of benzene rings is 1. The first-order valence-corrected chi connectivity index (χ1v) is 6.32. The third kappa shape index (κ3) is 2.68. The number of halogens is 2. The Morgan fingerprint density at radius 2 is 2.10 bits per heavy atom. The van der Waals surface area contributed by atoms with Crippen molar-refractivity contribution in [3.05, 3.63) is 35.7 Å². The molecule has 1 saturated heterocycles. The zero-order valence-electron chi connectivity index (χ0n) is 10.6. The van der Waals surface area contributed by atoms with E-state index in [1.807, 2.05) is 0 Å². The van der Waals surface area contributed by atoms with Gasteiger partial charge in [0.15, 0.2) is 5.82 Å². The maximum absolute atomic E-state index is 13.6. The molecule has 0 unspecified atom stereocenters. The summed E-state index contributed by atoms with van der Waals surface area (Å²) >= 11 is 0. The fourth-order valence-electron chi connectivity index (χ4n) is 2.06. The average molecular weight is 281 g/mol. The second-order valence-electron chi connectivity index (χ2n) is 4.55. The summed E-state index contributed by atoms with van der Waals surface area (Å²) in [7, 11) is 0. The first-order chi connectivity index (χ1) is 9.74. The number of nitrogens with one attached hydrogen (secondary N) is 1. The van der Waals surface area contributed by atoms with Crippen LogP contribution in [-0.4, -0.2) is 29.4 Å². The lowest BCUT2D eigenvalue weighted by molar-refractivity contribution is 0.189. The summed E-state index contributed by atoms with van der Waals surface area (Å²) < 4.78 is 37.3. The lowest BCUT2D eigenvalue weighted by Crippen LogP contribution is -2.28. The molecule has 0 radical (unpaired) electrons. The first-order valence-electron chi connectivity index (χ1n) is 6.32. The maximum atomic E-state index is 13.6. The largest absolute Gasteiger partial charge is 0.380 e. The van der Waals surface area contributed by atoms with Gasteiger partial charge in [-0.1, -0.05) is 11.2 Å². The minimum absolute atomic E-state index is 0.153. The van der Waals surface area contributed by atoms with E-state index in [1.165, 1.54) is 6.07 Å². The summed E-state index contributed by atoms with van der Waals surface area (Å²) in [5.74, 6) is -1.25. The number of ether oxygens (including phenoxy) is 1. The molecule has 1 aromatic carbocycles. The van der Waals surface area contributed by atoms with Crippen LogP contribution in [0.2, 0.25) is 0 Å². The standard InChI is InChI=1S/C13H13F2N3O2/c14-9-2-1-3-10(15)12(9)13-17-11(18-20-13)6-16-8-4-5-19-7-8/h1-3,8,16H,4-7H2/t8-/m1/s1. The van der Waals surface area contributed by atoms with Crippen molar-refractivity contribution in [2.75, 3.05) is 13.2 Å². The number of aromatic nitrogens is 2. The third-order valence-electron chi connectivity index (χ3n) is 3.12. The third-order valence-corrected chi connectivity index (χ3v) is 3.12. The molecule has 0 aliphatic carbocycles. The number of hydrogen-bond acceptors (Lipinski definition) is 5. The van der Waals surface area contributed by atoms with E-state index < -0.39 is 11.6 Å². The maximum Gasteiger partial charge on any atom is 0.263 e. The van der Waals surface area contributed by atoms with Crippen LogP contribution in [0.15, 0.2) is 22.7 Å². The molecule has 2 heterocycles. The highest BCUT2D eigenvalue weighted by atomic mass is 19.1. The molecule has 20 heavy (non-hydrogen) atoms. The van der Waals surface area contributed by atoms with Crippen molar-refractivity contribution in [2.24, 2.45) is 0 Å². The van der Waals surface area contributed by atoms with Crippen LogP contribution >= 0.6 is 0 Å². The van der Waals surface area contributed by atoms with Crippen molar-refractivity contribution >= 4 is 0 Å². The molecule has 1 aliphatic heterocycles. The highest BCUT2D eigenvalue weighted by Gasteiger charge is 2.19. The summed E-state index contributed by atoms with van der Waals surface area (Å²) in [4.78, 5) is 4.00. The predicted octanol–water partition coefficient (Wildman–Crippen LogP) is 1.89. The molecule has 5 nitrogen and oxygen atoms in total. The van der Waals surface area contributed by atoms with Gasteiger partial charge in [0.1, 0.15) is 17.2 Å². The Labute approximate surface area is 113 Å². The summed E-state index contributed by atoms with van der Waals surface area (Å²) in [6, 6.07) is 3.84. The van der Waals surface area contributed by atoms with Crippen LogP contribution in [0.1, 0.15) is 12.2 Å². The zero-order valence-corrected chi connectivity index (χ0v) is 10.6. The lowest BCUT2D eigenvalue weighted by atomic mass is 10.2. The second-order valence-corrected chi connectivity index (χ2v) is 4.55. The molecule has 3 rings (SSSR count). The van der Waals surface area contributed by atoms with Gasteiger partial charge >= 0.3 is 0 Å². The molecule has 1 N–H and O–H groups in total. The van der Waals surface area contributed by atoms with Crippen molar-refractivity contribution in [1.82, 2.24) is 15.5 Å².